The van der Waals surface area contributed by atoms with Crippen LogP contribution in [0.1, 0.15) is 35.7 Å². The second kappa shape index (κ2) is 6.17. The fourth-order valence-electron chi connectivity index (χ4n) is 2.85. The maximum absolute atomic E-state index is 12.8. The van der Waals surface area contributed by atoms with Crippen molar-refractivity contribution in [3.63, 3.8) is 0 Å². The zero-order valence-electron chi connectivity index (χ0n) is 12.5. The van der Waals surface area contributed by atoms with E-state index in [-0.39, 0.29) is 17.9 Å². The highest BCUT2D eigenvalue weighted by Crippen LogP contribution is 2.28. The van der Waals surface area contributed by atoms with Crippen LogP contribution < -0.4 is 10.6 Å². The highest BCUT2D eigenvalue weighted by molar-refractivity contribution is 5.74. The predicted molar refractivity (Wildman–Crippen MR) is 80.7 cm³/mol. The zero-order chi connectivity index (χ0) is 15.5. The van der Waals surface area contributed by atoms with Crippen molar-refractivity contribution in [2.45, 2.75) is 31.8 Å². The van der Waals surface area contributed by atoms with E-state index in [9.17, 15) is 9.18 Å². The second-order valence-electron chi connectivity index (χ2n) is 5.57. The summed E-state index contributed by atoms with van der Waals surface area (Å²) in [5.41, 5.74) is 3.16. The molecule has 1 aliphatic rings. The molecule has 1 heterocycles. The first-order valence-corrected chi connectivity index (χ1v) is 7.43. The van der Waals surface area contributed by atoms with Crippen LogP contribution in [0.3, 0.4) is 0 Å². The fourth-order valence-corrected chi connectivity index (χ4v) is 2.85. The fraction of sp³-hybridized carbons (Fsp3) is 0.375. The maximum Gasteiger partial charge on any atom is 0.315 e. The number of urea groups is 1. The Morgan fingerprint density at radius 3 is 2.95 bits per heavy atom. The Labute approximate surface area is 128 Å². The third-order valence-corrected chi connectivity index (χ3v) is 4.05. The lowest BCUT2D eigenvalue weighted by atomic mass is 9.93. The second-order valence-corrected chi connectivity index (χ2v) is 5.57. The molecular formula is C16H19FN4O. The summed E-state index contributed by atoms with van der Waals surface area (Å²) in [5.74, 6) is -0.278. The van der Waals surface area contributed by atoms with E-state index in [1.54, 1.807) is 12.1 Å². The van der Waals surface area contributed by atoms with E-state index in [1.807, 2.05) is 17.9 Å². The summed E-state index contributed by atoms with van der Waals surface area (Å²) in [6.07, 6.45) is 4.79. The Morgan fingerprint density at radius 2 is 2.18 bits per heavy atom. The van der Waals surface area contributed by atoms with Gasteiger partial charge in [0.2, 0.25) is 0 Å². The summed E-state index contributed by atoms with van der Waals surface area (Å²) < 4.78 is 14.7. The van der Waals surface area contributed by atoms with Gasteiger partial charge in [-0.3, -0.25) is 4.68 Å². The van der Waals surface area contributed by atoms with Crippen LogP contribution in [0.25, 0.3) is 0 Å². The molecule has 5 nitrogen and oxygen atoms in total. The third kappa shape index (κ3) is 3.10. The molecule has 1 unspecified atom stereocenters. The molecule has 0 saturated carbocycles. The predicted octanol–water partition coefficient (Wildman–Crippen LogP) is 2.44. The van der Waals surface area contributed by atoms with E-state index >= 15 is 0 Å². The van der Waals surface area contributed by atoms with E-state index in [0.29, 0.717) is 6.54 Å². The van der Waals surface area contributed by atoms with Crippen molar-refractivity contribution in [3.8, 4) is 0 Å². The van der Waals surface area contributed by atoms with Gasteiger partial charge in [0.05, 0.1) is 12.2 Å². The van der Waals surface area contributed by atoms with Crippen molar-refractivity contribution in [1.82, 2.24) is 20.4 Å². The molecule has 22 heavy (non-hydrogen) atoms. The van der Waals surface area contributed by atoms with Gasteiger partial charge >= 0.3 is 6.03 Å². The largest absolute Gasteiger partial charge is 0.334 e. The molecule has 1 aliphatic carbocycles. The van der Waals surface area contributed by atoms with Crippen LogP contribution in [0.2, 0.25) is 0 Å². The van der Waals surface area contributed by atoms with Crippen LogP contribution in [-0.4, -0.2) is 15.8 Å². The number of carbonyl (C=O) groups excluding carboxylic acids is 1. The van der Waals surface area contributed by atoms with Crippen molar-refractivity contribution in [2.75, 3.05) is 0 Å². The van der Waals surface area contributed by atoms with Crippen molar-refractivity contribution in [1.29, 1.82) is 0 Å². The molecule has 3 rings (SSSR count). The van der Waals surface area contributed by atoms with E-state index in [0.717, 1.165) is 30.4 Å². The molecule has 0 fully saturated rings. The molecule has 1 aromatic heterocycles. The Bertz CT molecular complexity index is 665. The van der Waals surface area contributed by atoms with Gasteiger partial charge in [-0.1, -0.05) is 12.1 Å². The monoisotopic (exact) mass is 302 g/mol. The average Bonchev–Trinajstić information content (AvgIpc) is 2.90. The third-order valence-electron chi connectivity index (χ3n) is 4.05. The molecule has 0 radical (unpaired) electrons. The smallest absolute Gasteiger partial charge is 0.315 e. The summed E-state index contributed by atoms with van der Waals surface area (Å²) in [6.45, 7) is 0.374. The Hall–Kier alpha value is -2.37. The number of halogens is 1. The summed E-state index contributed by atoms with van der Waals surface area (Å²) in [4.78, 5) is 12.0. The molecule has 2 aromatic rings. The maximum atomic E-state index is 12.8. The van der Waals surface area contributed by atoms with Gasteiger partial charge in [-0.05, 0) is 37.0 Å². The molecule has 2 N–H and O–H groups in total. The SMILES string of the molecule is Cn1ncc2c1CCCC2NC(=O)NCc1ccc(F)cc1. The van der Waals surface area contributed by atoms with E-state index in [2.05, 4.69) is 15.7 Å². The number of hydrogen-bond donors (Lipinski definition) is 2. The highest BCUT2D eigenvalue weighted by atomic mass is 19.1. The molecule has 2 amide bonds. The van der Waals surface area contributed by atoms with E-state index in [4.69, 9.17) is 0 Å². The first-order valence-electron chi connectivity index (χ1n) is 7.43. The van der Waals surface area contributed by atoms with Crippen LogP contribution in [0.15, 0.2) is 30.5 Å². The van der Waals surface area contributed by atoms with Gasteiger partial charge in [-0.25, -0.2) is 9.18 Å². The lowest BCUT2D eigenvalue weighted by molar-refractivity contribution is 0.235. The van der Waals surface area contributed by atoms with Gasteiger partial charge in [0.25, 0.3) is 0 Å². The molecule has 0 spiro atoms. The molecule has 1 aromatic carbocycles. The van der Waals surface area contributed by atoms with Crippen molar-refractivity contribution in [2.24, 2.45) is 7.05 Å². The number of aromatic nitrogens is 2. The highest BCUT2D eigenvalue weighted by Gasteiger charge is 2.24. The number of carbonyl (C=O) groups is 1. The van der Waals surface area contributed by atoms with E-state index < -0.39 is 0 Å². The topological polar surface area (TPSA) is 59.0 Å². The molecule has 0 aliphatic heterocycles. The number of amides is 2. The van der Waals surface area contributed by atoms with Crippen LogP contribution in [-0.2, 0) is 20.0 Å². The molecule has 6 heteroatoms. The molecule has 116 valence electrons. The van der Waals surface area contributed by atoms with Crippen LogP contribution in [0.4, 0.5) is 9.18 Å². The number of nitrogens with one attached hydrogen (secondary N) is 2. The summed E-state index contributed by atoms with van der Waals surface area (Å²) in [5, 5.41) is 10.1. The minimum Gasteiger partial charge on any atom is -0.334 e. The normalized spacial score (nSPS) is 16.9. The first kappa shape index (κ1) is 14.6. The molecule has 0 saturated heterocycles. The van der Waals surface area contributed by atoms with Crippen molar-refractivity contribution < 1.29 is 9.18 Å². The average molecular weight is 302 g/mol. The first-order chi connectivity index (χ1) is 10.6. The van der Waals surface area contributed by atoms with Crippen molar-refractivity contribution >= 4 is 6.03 Å². The zero-order valence-corrected chi connectivity index (χ0v) is 12.5. The number of fused-ring (bicyclic) bond motifs is 1. The summed E-state index contributed by atoms with van der Waals surface area (Å²) in [7, 11) is 1.93. The number of hydrogen-bond acceptors (Lipinski definition) is 2. The summed E-state index contributed by atoms with van der Waals surface area (Å²) in [6, 6.07) is 5.89. The Balaban J connectivity index is 1.57. The molecular weight excluding hydrogens is 283 g/mol. The van der Waals surface area contributed by atoms with Gasteiger partial charge in [0.15, 0.2) is 0 Å². The number of aryl methyl sites for hydroxylation is 1. The summed E-state index contributed by atoms with van der Waals surface area (Å²) >= 11 is 0. The minimum atomic E-state index is -0.278. The van der Waals surface area contributed by atoms with Gasteiger partial charge < -0.3 is 10.6 Å². The van der Waals surface area contributed by atoms with Crippen LogP contribution >= 0.6 is 0 Å². The van der Waals surface area contributed by atoms with Gasteiger partial charge in [0, 0.05) is 24.8 Å². The minimum absolute atomic E-state index is 0.00525. The van der Waals surface area contributed by atoms with Crippen molar-refractivity contribution in [3.05, 3.63) is 53.1 Å². The van der Waals surface area contributed by atoms with Gasteiger partial charge in [0.1, 0.15) is 5.82 Å². The molecule has 1 atom stereocenters. The molecule has 0 bridgehead atoms. The number of nitrogens with zero attached hydrogens (tertiary/aromatic N) is 2. The number of rotatable bonds is 3. The lowest BCUT2D eigenvalue weighted by Crippen LogP contribution is -2.38. The van der Waals surface area contributed by atoms with Gasteiger partial charge in [-0.2, -0.15) is 5.10 Å². The van der Waals surface area contributed by atoms with E-state index in [1.165, 1.54) is 17.8 Å². The Kier molecular flexibility index (Phi) is 4.09. The number of benzene rings is 1. The quantitative estimate of drug-likeness (QED) is 0.915. The van der Waals surface area contributed by atoms with Crippen LogP contribution in [0.5, 0.6) is 0 Å². The Morgan fingerprint density at radius 1 is 1.41 bits per heavy atom. The standard InChI is InChI=1S/C16H19FN4O/c1-21-15-4-2-3-14(13(15)10-19-21)20-16(22)18-9-11-5-7-12(17)8-6-11/h5-8,10,14H,2-4,9H2,1H3,(H2,18,20,22). The van der Waals surface area contributed by atoms with Crippen LogP contribution in [0, 0.1) is 5.82 Å². The lowest BCUT2D eigenvalue weighted by Gasteiger charge is -2.24. The van der Waals surface area contributed by atoms with Gasteiger partial charge in [-0.15, -0.1) is 0 Å².